The maximum Gasteiger partial charge on any atom is 0.265 e. The smallest absolute Gasteiger partial charge is 0.263 e. The maximum atomic E-state index is 13.4. The summed E-state index contributed by atoms with van der Waals surface area (Å²) in [6.45, 7) is 1.71. The van der Waals surface area contributed by atoms with E-state index in [0.29, 0.717) is 5.56 Å². The van der Waals surface area contributed by atoms with Gasteiger partial charge in [0.05, 0.1) is 0 Å². The lowest BCUT2D eigenvalue weighted by molar-refractivity contribution is 0.570. The fourth-order valence-electron chi connectivity index (χ4n) is 1.44. The van der Waals surface area contributed by atoms with E-state index in [2.05, 4.69) is 9.71 Å². The summed E-state index contributed by atoms with van der Waals surface area (Å²) in [6.07, 6.45) is 1.46. The first-order valence-corrected chi connectivity index (χ1v) is 6.68. The van der Waals surface area contributed by atoms with Gasteiger partial charge in [-0.15, -0.1) is 0 Å². The number of nitrogens with zero attached hydrogens (tertiary/aromatic N) is 1. The zero-order chi connectivity index (χ0) is 13.2. The van der Waals surface area contributed by atoms with E-state index in [1.807, 2.05) is 0 Å². The summed E-state index contributed by atoms with van der Waals surface area (Å²) in [6, 6.07) is 8.60. The quantitative estimate of drug-likeness (QED) is 0.927. The molecule has 94 valence electrons. The number of aryl methyl sites for hydroxylation is 1. The Labute approximate surface area is 105 Å². The number of nitrogens with one attached hydrogen (secondary N) is 1. The molecule has 0 aliphatic carbocycles. The fraction of sp³-hybridized carbons (Fsp3) is 0.0833. The van der Waals surface area contributed by atoms with Gasteiger partial charge in [0.15, 0.2) is 0 Å². The molecule has 1 heterocycles. The third-order valence-corrected chi connectivity index (χ3v) is 3.74. The van der Waals surface area contributed by atoms with Gasteiger partial charge in [-0.2, -0.15) is 0 Å². The summed E-state index contributed by atoms with van der Waals surface area (Å²) in [4.78, 5) is 3.51. The molecule has 1 aromatic heterocycles. The number of halogens is 1. The Kier molecular flexibility index (Phi) is 3.29. The first-order valence-electron chi connectivity index (χ1n) is 5.20. The normalized spacial score (nSPS) is 11.2. The van der Waals surface area contributed by atoms with E-state index >= 15 is 0 Å². The van der Waals surface area contributed by atoms with Crippen LogP contribution in [0.3, 0.4) is 0 Å². The Morgan fingerprint density at radius 3 is 2.56 bits per heavy atom. The Morgan fingerprint density at radius 2 is 1.89 bits per heavy atom. The third kappa shape index (κ3) is 2.48. The largest absolute Gasteiger partial charge is 0.265 e. The minimum Gasteiger partial charge on any atom is -0.263 e. The number of benzene rings is 1. The zero-order valence-corrected chi connectivity index (χ0v) is 10.4. The second-order valence-corrected chi connectivity index (χ2v) is 5.36. The second kappa shape index (κ2) is 4.73. The van der Waals surface area contributed by atoms with Crippen molar-refractivity contribution < 1.29 is 12.8 Å². The van der Waals surface area contributed by atoms with Crippen LogP contribution in [0.2, 0.25) is 0 Å². The highest BCUT2D eigenvalue weighted by atomic mass is 32.2. The molecule has 0 atom stereocenters. The van der Waals surface area contributed by atoms with Crippen LogP contribution in [-0.4, -0.2) is 13.4 Å². The lowest BCUT2D eigenvalue weighted by Gasteiger charge is -2.09. The van der Waals surface area contributed by atoms with Crippen LogP contribution in [-0.2, 0) is 10.0 Å². The standard InChI is InChI=1S/C12H11FN2O2S/c1-9-5-4-8-14-12(9)15-18(16,17)11-7-3-2-6-10(11)13/h2-8H,1H3,(H,14,15). The lowest BCUT2D eigenvalue weighted by Crippen LogP contribution is -2.16. The third-order valence-electron chi connectivity index (χ3n) is 2.37. The van der Waals surface area contributed by atoms with Gasteiger partial charge in [0.25, 0.3) is 10.0 Å². The molecule has 0 radical (unpaired) electrons. The topological polar surface area (TPSA) is 59.1 Å². The molecule has 1 aromatic carbocycles. The monoisotopic (exact) mass is 266 g/mol. The molecule has 0 saturated heterocycles. The summed E-state index contributed by atoms with van der Waals surface area (Å²) in [5.74, 6) is -0.598. The summed E-state index contributed by atoms with van der Waals surface area (Å²) >= 11 is 0. The zero-order valence-electron chi connectivity index (χ0n) is 9.59. The summed E-state index contributed by atoms with van der Waals surface area (Å²) in [5, 5.41) is 0. The van der Waals surface area contributed by atoms with E-state index < -0.39 is 20.7 Å². The van der Waals surface area contributed by atoms with Crippen LogP contribution in [0, 0.1) is 12.7 Å². The number of rotatable bonds is 3. The number of anilines is 1. The van der Waals surface area contributed by atoms with Gasteiger partial charge in [0.1, 0.15) is 16.5 Å². The molecular weight excluding hydrogens is 255 g/mol. The van der Waals surface area contributed by atoms with Crippen molar-refractivity contribution in [2.75, 3.05) is 4.72 Å². The number of hydrogen-bond donors (Lipinski definition) is 1. The molecule has 6 heteroatoms. The van der Waals surface area contributed by atoms with Gasteiger partial charge < -0.3 is 0 Å². The number of pyridine rings is 1. The predicted octanol–water partition coefficient (Wildman–Crippen LogP) is 2.33. The van der Waals surface area contributed by atoms with Gasteiger partial charge in [-0.1, -0.05) is 18.2 Å². The van der Waals surface area contributed by atoms with Crippen LogP contribution >= 0.6 is 0 Å². The molecule has 0 amide bonds. The molecule has 2 rings (SSSR count). The summed E-state index contributed by atoms with van der Waals surface area (Å²) in [5.41, 5.74) is 0.664. The van der Waals surface area contributed by atoms with Crippen LogP contribution < -0.4 is 4.72 Å². The van der Waals surface area contributed by atoms with Crippen molar-refractivity contribution in [2.24, 2.45) is 0 Å². The fourth-order valence-corrected chi connectivity index (χ4v) is 2.60. The molecule has 0 aliphatic rings. The number of aromatic nitrogens is 1. The highest BCUT2D eigenvalue weighted by molar-refractivity contribution is 7.92. The first kappa shape index (κ1) is 12.5. The van der Waals surface area contributed by atoms with E-state index in [-0.39, 0.29) is 5.82 Å². The number of hydrogen-bond acceptors (Lipinski definition) is 3. The van der Waals surface area contributed by atoms with Crippen molar-refractivity contribution in [3.8, 4) is 0 Å². The Balaban J connectivity index is 2.40. The average Bonchev–Trinajstić information content (AvgIpc) is 2.32. The van der Waals surface area contributed by atoms with Crippen LogP contribution in [0.4, 0.5) is 10.2 Å². The van der Waals surface area contributed by atoms with Crippen LogP contribution in [0.15, 0.2) is 47.5 Å². The van der Waals surface area contributed by atoms with E-state index in [1.54, 1.807) is 19.1 Å². The van der Waals surface area contributed by atoms with Gasteiger partial charge in [-0.3, -0.25) is 4.72 Å². The summed E-state index contributed by atoms with van der Waals surface area (Å²) in [7, 11) is -3.95. The van der Waals surface area contributed by atoms with E-state index in [0.717, 1.165) is 6.07 Å². The van der Waals surface area contributed by atoms with Crippen molar-refractivity contribution in [2.45, 2.75) is 11.8 Å². The van der Waals surface area contributed by atoms with Crippen molar-refractivity contribution >= 4 is 15.8 Å². The van der Waals surface area contributed by atoms with E-state index in [1.165, 1.54) is 24.4 Å². The number of sulfonamides is 1. The maximum absolute atomic E-state index is 13.4. The van der Waals surface area contributed by atoms with E-state index in [4.69, 9.17) is 0 Å². The van der Waals surface area contributed by atoms with Crippen molar-refractivity contribution in [3.63, 3.8) is 0 Å². The Morgan fingerprint density at radius 1 is 1.17 bits per heavy atom. The molecule has 4 nitrogen and oxygen atoms in total. The lowest BCUT2D eigenvalue weighted by atomic mass is 10.3. The minimum absolute atomic E-state index is 0.195. The average molecular weight is 266 g/mol. The minimum atomic E-state index is -3.95. The molecule has 0 saturated carbocycles. The Hall–Kier alpha value is -1.95. The highest BCUT2D eigenvalue weighted by Gasteiger charge is 2.19. The molecule has 0 spiro atoms. The molecule has 1 N–H and O–H groups in total. The molecule has 0 fully saturated rings. The van der Waals surface area contributed by atoms with E-state index in [9.17, 15) is 12.8 Å². The molecule has 0 aliphatic heterocycles. The summed E-state index contributed by atoms with van der Waals surface area (Å²) < 4.78 is 39.7. The van der Waals surface area contributed by atoms with Gasteiger partial charge in [0.2, 0.25) is 0 Å². The predicted molar refractivity (Wildman–Crippen MR) is 66.2 cm³/mol. The van der Waals surface area contributed by atoms with Crippen molar-refractivity contribution in [1.82, 2.24) is 4.98 Å². The van der Waals surface area contributed by atoms with Crippen molar-refractivity contribution in [1.29, 1.82) is 0 Å². The molecule has 0 bridgehead atoms. The SMILES string of the molecule is Cc1cccnc1NS(=O)(=O)c1ccccc1F. The molecular formula is C12H11FN2O2S. The van der Waals surface area contributed by atoms with Gasteiger partial charge >= 0.3 is 0 Å². The van der Waals surface area contributed by atoms with Crippen LogP contribution in [0.5, 0.6) is 0 Å². The van der Waals surface area contributed by atoms with Gasteiger partial charge in [-0.05, 0) is 30.7 Å². The van der Waals surface area contributed by atoms with Crippen LogP contribution in [0.1, 0.15) is 5.56 Å². The Bertz CT molecular complexity index is 671. The second-order valence-electron chi connectivity index (χ2n) is 3.70. The first-order chi connectivity index (χ1) is 8.50. The van der Waals surface area contributed by atoms with Crippen molar-refractivity contribution in [3.05, 3.63) is 54.0 Å². The molecule has 0 unspecified atom stereocenters. The molecule has 2 aromatic rings. The highest BCUT2D eigenvalue weighted by Crippen LogP contribution is 2.18. The molecule has 18 heavy (non-hydrogen) atoms. The van der Waals surface area contributed by atoms with Gasteiger partial charge in [0, 0.05) is 6.20 Å². The van der Waals surface area contributed by atoms with Crippen LogP contribution in [0.25, 0.3) is 0 Å². The van der Waals surface area contributed by atoms with Gasteiger partial charge in [-0.25, -0.2) is 17.8 Å².